The molecule has 0 aromatic carbocycles. The van der Waals surface area contributed by atoms with E-state index in [1.807, 2.05) is 26.0 Å². The van der Waals surface area contributed by atoms with Crippen LogP contribution in [0.2, 0.25) is 0 Å². The van der Waals surface area contributed by atoms with Crippen molar-refractivity contribution in [3.05, 3.63) is 36.5 Å². The molecule has 0 saturated heterocycles. The van der Waals surface area contributed by atoms with E-state index < -0.39 is 0 Å². The molecule has 13 heavy (non-hydrogen) atoms. The third-order valence-corrected chi connectivity index (χ3v) is 1.80. The van der Waals surface area contributed by atoms with Crippen molar-refractivity contribution in [1.82, 2.24) is 0 Å². The van der Waals surface area contributed by atoms with Crippen molar-refractivity contribution in [2.45, 2.75) is 26.7 Å². The molecule has 0 rings (SSSR count). The highest BCUT2D eigenvalue weighted by Crippen LogP contribution is 2.01. The Kier molecular flexibility index (Phi) is 6.89. The van der Waals surface area contributed by atoms with Crippen molar-refractivity contribution in [2.24, 2.45) is 5.92 Å². The zero-order valence-electron chi connectivity index (χ0n) is 8.49. The van der Waals surface area contributed by atoms with E-state index in [2.05, 4.69) is 18.7 Å². The Morgan fingerprint density at radius 1 is 1.46 bits per heavy atom. The fourth-order valence-corrected chi connectivity index (χ4v) is 0.800. The highest BCUT2D eigenvalue weighted by Gasteiger charge is 1.92. The third kappa shape index (κ3) is 7.26. The van der Waals surface area contributed by atoms with E-state index >= 15 is 0 Å². The summed E-state index contributed by atoms with van der Waals surface area (Å²) in [4.78, 5) is 10.3. The van der Waals surface area contributed by atoms with Gasteiger partial charge in [0.05, 0.1) is 0 Å². The van der Waals surface area contributed by atoms with Gasteiger partial charge in [0.15, 0.2) is 0 Å². The summed E-state index contributed by atoms with van der Waals surface area (Å²) >= 11 is 0. The van der Waals surface area contributed by atoms with Gasteiger partial charge in [-0.2, -0.15) is 0 Å². The topological polar surface area (TPSA) is 17.1 Å². The van der Waals surface area contributed by atoms with Crippen molar-refractivity contribution in [3.8, 4) is 0 Å². The molecular weight excluding hydrogens is 160 g/mol. The molecule has 0 amide bonds. The second kappa shape index (κ2) is 7.53. The minimum Gasteiger partial charge on any atom is -0.303 e. The number of aldehydes is 1. The van der Waals surface area contributed by atoms with Crippen molar-refractivity contribution in [1.29, 1.82) is 0 Å². The molecule has 0 spiro atoms. The SMILES string of the molecule is C=C/C(C)=C\C/C=C/CC(C)C=O. The Hall–Kier alpha value is -1.11. The van der Waals surface area contributed by atoms with Gasteiger partial charge in [-0.05, 0) is 19.8 Å². The van der Waals surface area contributed by atoms with E-state index in [0.29, 0.717) is 0 Å². The minimum absolute atomic E-state index is 0.140. The second-order valence-corrected chi connectivity index (χ2v) is 3.21. The second-order valence-electron chi connectivity index (χ2n) is 3.21. The van der Waals surface area contributed by atoms with Gasteiger partial charge in [-0.3, -0.25) is 0 Å². The van der Waals surface area contributed by atoms with E-state index in [-0.39, 0.29) is 5.92 Å². The molecule has 0 radical (unpaired) electrons. The van der Waals surface area contributed by atoms with Gasteiger partial charge in [0, 0.05) is 5.92 Å². The molecule has 1 nitrogen and oxygen atoms in total. The lowest BCUT2D eigenvalue weighted by atomic mass is 10.1. The quantitative estimate of drug-likeness (QED) is 0.346. The number of rotatable bonds is 6. The summed E-state index contributed by atoms with van der Waals surface area (Å²) in [6.07, 6.45) is 10.8. The molecule has 0 fully saturated rings. The maximum atomic E-state index is 10.3. The molecule has 0 bridgehead atoms. The van der Waals surface area contributed by atoms with Gasteiger partial charge < -0.3 is 4.79 Å². The number of carbonyl (C=O) groups excluding carboxylic acids is 1. The standard InChI is InChI=1S/C12H18O/c1-4-11(2)8-6-5-7-9-12(3)10-13/h4-5,7-8,10,12H,1,6,9H2,2-3H3/b7-5+,11-8-. The van der Waals surface area contributed by atoms with Crippen LogP contribution in [0.1, 0.15) is 26.7 Å². The van der Waals surface area contributed by atoms with Crippen LogP contribution in [0.4, 0.5) is 0 Å². The summed E-state index contributed by atoms with van der Waals surface area (Å²) in [6.45, 7) is 7.60. The average Bonchev–Trinajstić information content (AvgIpc) is 2.16. The van der Waals surface area contributed by atoms with Crippen molar-refractivity contribution < 1.29 is 4.79 Å². The maximum absolute atomic E-state index is 10.3. The fourth-order valence-electron chi connectivity index (χ4n) is 0.800. The lowest BCUT2D eigenvalue weighted by molar-refractivity contribution is -0.110. The number of hydrogen-bond acceptors (Lipinski definition) is 1. The zero-order valence-corrected chi connectivity index (χ0v) is 8.49. The summed E-state index contributed by atoms with van der Waals surface area (Å²) in [5.41, 5.74) is 1.19. The first kappa shape index (κ1) is 11.9. The third-order valence-electron chi connectivity index (χ3n) is 1.80. The van der Waals surface area contributed by atoms with Crippen molar-refractivity contribution >= 4 is 6.29 Å². The molecule has 0 aliphatic rings. The van der Waals surface area contributed by atoms with E-state index in [0.717, 1.165) is 19.1 Å². The Morgan fingerprint density at radius 2 is 2.15 bits per heavy atom. The first-order valence-corrected chi connectivity index (χ1v) is 4.60. The Bertz CT molecular complexity index is 211. The number of carbonyl (C=O) groups is 1. The van der Waals surface area contributed by atoms with Crippen molar-refractivity contribution in [2.75, 3.05) is 0 Å². The molecule has 0 aliphatic carbocycles. The van der Waals surface area contributed by atoms with Gasteiger partial charge >= 0.3 is 0 Å². The minimum atomic E-state index is 0.140. The molecule has 1 atom stereocenters. The molecule has 0 N–H and O–H groups in total. The van der Waals surface area contributed by atoms with Crippen LogP contribution in [0, 0.1) is 5.92 Å². The monoisotopic (exact) mass is 178 g/mol. The fraction of sp³-hybridized carbons (Fsp3) is 0.417. The van der Waals surface area contributed by atoms with Crippen LogP contribution in [0.15, 0.2) is 36.5 Å². The van der Waals surface area contributed by atoms with Gasteiger partial charge in [-0.15, -0.1) is 0 Å². The van der Waals surface area contributed by atoms with Gasteiger partial charge in [0.25, 0.3) is 0 Å². The molecule has 0 aromatic rings. The molecule has 0 heterocycles. The van der Waals surface area contributed by atoms with E-state index in [4.69, 9.17) is 0 Å². The smallest absolute Gasteiger partial charge is 0.123 e. The Labute approximate surface area is 80.8 Å². The van der Waals surface area contributed by atoms with Crippen LogP contribution < -0.4 is 0 Å². The van der Waals surface area contributed by atoms with E-state index in [9.17, 15) is 4.79 Å². The predicted molar refractivity (Wildman–Crippen MR) is 57.6 cm³/mol. The molecule has 0 saturated carbocycles. The largest absolute Gasteiger partial charge is 0.303 e. The van der Waals surface area contributed by atoms with E-state index in [1.54, 1.807) is 0 Å². The molecule has 1 unspecified atom stereocenters. The first-order chi connectivity index (χ1) is 6.20. The first-order valence-electron chi connectivity index (χ1n) is 4.60. The van der Waals surface area contributed by atoms with Gasteiger partial charge in [0.2, 0.25) is 0 Å². The van der Waals surface area contributed by atoms with Crippen LogP contribution >= 0.6 is 0 Å². The summed E-state index contributed by atoms with van der Waals surface area (Å²) in [6, 6.07) is 0. The number of hydrogen-bond donors (Lipinski definition) is 0. The maximum Gasteiger partial charge on any atom is 0.123 e. The molecule has 0 aliphatic heterocycles. The lowest BCUT2D eigenvalue weighted by Crippen LogP contribution is -1.91. The summed E-state index contributed by atoms with van der Waals surface area (Å²) in [7, 11) is 0. The highest BCUT2D eigenvalue weighted by molar-refractivity contribution is 5.52. The van der Waals surface area contributed by atoms with Crippen molar-refractivity contribution in [3.63, 3.8) is 0 Å². The van der Waals surface area contributed by atoms with Gasteiger partial charge in [-0.25, -0.2) is 0 Å². The summed E-state index contributed by atoms with van der Waals surface area (Å²) in [5, 5.41) is 0. The Morgan fingerprint density at radius 3 is 2.69 bits per heavy atom. The molecule has 0 aromatic heterocycles. The normalized spacial score (nSPS) is 14.5. The lowest BCUT2D eigenvalue weighted by Gasteiger charge is -1.94. The van der Waals surface area contributed by atoms with Gasteiger partial charge in [0.1, 0.15) is 6.29 Å². The van der Waals surface area contributed by atoms with Gasteiger partial charge in [-0.1, -0.05) is 43.4 Å². The summed E-state index contributed by atoms with van der Waals surface area (Å²) < 4.78 is 0. The van der Waals surface area contributed by atoms with E-state index in [1.165, 1.54) is 5.57 Å². The highest BCUT2D eigenvalue weighted by atomic mass is 16.1. The molecule has 1 heteroatoms. The van der Waals surface area contributed by atoms with Crippen LogP contribution in [-0.2, 0) is 4.79 Å². The molecular formula is C12H18O. The summed E-state index contributed by atoms with van der Waals surface area (Å²) in [5.74, 6) is 0.140. The van der Waals surface area contributed by atoms with Crippen LogP contribution in [0.25, 0.3) is 0 Å². The number of allylic oxidation sites excluding steroid dienone is 5. The average molecular weight is 178 g/mol. The Balaban J connectivity index is 3.64. The van der Waals surface area contributed by atoms with Crippen LogP contribution in [-0.4, -0.2) is 6.29 Å². The molecule has 72 valence electrons. The predicted octanol–water partition coefficient (Wildman–Crippen LogP) is 3.29. The van der Waals surface area contributed by atoms with Crippen LogP contribution in [0.5, 0.6) is 0 Å². The van der Waals surface area contributed by atoms with Crippen LogP contribution in [0.3, 0.4) is 0 Å². The zero-order chi connectivity index (χ0) is 10.1.